The molecule has 22 heavy (non-hydrogen) atoms. The Morgan fingerprint density at radius 1 is 1.09 bits per heavy atom. The van der Waals surface area contributed by atoms with Crippen LogP contribution in [0.4, 0.5) is 11.4 Å². The zero-order chi connectivity index (χ0) is 16.4. The fourth-order valence-corrected chi connectivity index (χ4v) is 2.73. The van der Waals surface area contributed by atoms with Crippen molar-refractivity contribution < 1.29 is 9.72 Å². The summed E-state index contributed by atoms with van der Waals surface area (Å²) in [6, 6.07) is 8.29. The lowest BCUT2D eigenvalue weighted by Crippen LogP contribution is -2.13. The number of carbonyl (C=O) groups excluding carboxylic acids is 1. The Balaban J connectivity index is 2.28. The third-order valence-corrected chi connectivity index (χ3v) is 4.57. The van der Waals surface area contributed by atoms with Gasteiger partial charge in [0.15, 0.2) is 0 Å². The Morgan fingerprint density at radius 2 is 1.77 bits per heavy atom. The Hall–Kier alpha value is -1.96. The predicted octanol–water partition coefficient (Wildman–Crippen LogP) is 4.38. The lowest BCUT2D eigenvalue weighted by molar-refractivity contribution is -0.385. The standard InChI is InChI=1S/C16H15IN2O3/c1-9-8-14(10(2)7-13(9)17)18-16(20)12-4-5-15(19(21)22)11(3)6-12/h4-8H,1-3H3,(H,18,20). The second kappa shape index (κ2) is 6.43. The smallest absolute Gasteiger partial charge is 0.272 e. The van der Waals surface area contributed by atoms with Crippen LogP contribution >= 0.6 is 22.6 Å². The van der Waals surface area contributed by atoms with Crippen LogP contribution in [-0.2, 0) is 0 Å². The predicted molar refractivity (Wildman–Crippen MR) is 94.4 cm³/mol. The van der Waals surface area contributed by atoms with Gasteiger partial charge in [0.05, 0.1) is 4.92 Å². The van der Waals surface area contributed by atoms with Gasteiger partial charge in [0, 0.05) is 26.5 Å². The van der Waals surface area contributed by atoms with Crippen LogP contribution in [0.2, 0.25) is 0 Å². The number of halogens is 1. The molecule has 2 aromatic rings. The summed E-state index contributed by atoms with van der Waals surface area (Å²) in [5.41, 5.74) is 3.69. The van der Waals surface area contributed by atoms with Crippen molar-refractivity contribution in [1.82, 2.24) is 0 Å². The molecule has 2 rings (SSSR count). The molecule has 0 radical (unpaired) electrons. The number of anilines is 1. The first-order valence-electron chi connectivity index (χ1n) is 6.62. The number of aryl methyl sites for hydroxylation is 3. The van der Waals surface area contributed by atoms with Crippen molar-refractivity contribution in [3.05, 3.63) is 66.3 Å². The molecule has 0 aliphatic carbocycles. The molecule has 0 spiro atoms. The van der Waals surface area contributed by atoms with Crippen LogP contribution in [-0.4, -0.2) is 10.8 Å². The van der Waals surface area contributed by atoms with Crippen molar-refractivity contribution in [3.63, 3.8) is 0 Å². The first-order chi connectivity index (χ1) is 10.3. The Bertz CT molecular complexity index is 772. The molecule has 0 saturated carbocycles. The van der Waals surface area contributed by atoms with Crippen molar-refractivity contribution in [2.75, 3.05) is 5.32 Å². The van der Waals surface area contributed by atoms with Gasteiger partial charge < -0.3 is 5.32 Å². The summed E-state index contributed by atoms with van der Waals surface area (Å²) in [5, 5.41) is 13.7. The highest BCUT2D eigenvalue weighted by Gasteiger charge is 2.14. The van der Waals surface area contributed by atoms with Gasteiger partial charge in [-0.2, -0.15) is 0 Å². The van der Waals surface area contributed by atoms with Crippen LogP contribution in [0.15, 0.2) is 30.3 Å². The number of nitrogens with one attached hydrogen (secondary N) is 1. The fourth-order valence-electron chi connectivity index (χ4n) is 2.11. The molecule has 0 heterocycles. The molecule has 6 heteroatoms. The SMILES string of the molecule is Cc1cc(NC(=O)c2ccc([N+](=O)[O-])c(C)c2)c(C)cc1I. The summed E-state index contributed by atoms with van der Waals surface area (Å²) in [6.07, 6.45) is 0. The summed E-state index contributed by atoms with van der Waals surface area (Å²) in [6.45, 7) is 5.53. The average molecular weight is 410 g/mol. The van der Waals surface area contributed by atoms with Crippen molar-refractivity contribution in [3.8, 4) is 0 Å². The minimum atomic E-state index is -0.455. The van der Waals surface area contributed by atoms with E-state index in [0.717, 1.165) is 20.4 Å². The van der Waals surface area contributed by atoms with Gasteiger partial charge in [-0.25, -0.2) is 0 Å². The van der Waals surface area contributed by atoms with Crippen molar-refractivity contribution in [2.24, 2.45) is 0 Å². The number of amides is 1. The van der Waals surface area contributed by atoms with E-state index >= 15 is 0 Å². The van der Waals surface area contributed by atoms with Crippen molar-refractivity contribution in [1.29, 1.82) is 0 Å². The van der Waals surface area contributed by atoms with Crippen LogP contribution in [0.3, 0.4) is 0 Å². The first kappa shape index (κ1) is 16.4. The maximum Gasteiger partial charge on any atom is 0.272 e. The average Bonchev–Trinajstić information content (AvgIpc) is 2.44. The minimum Gasteiger partial charge on any atom is -0.322 e. The zero-order valence-electron chi connectivity index (χ0n) is 12.4. The molecule has 1 amide bonds. The molecule has 0 aliphatic rings. The van der Waals surface area contributed by atoms with Crippen LogP contribution in [0.1, 0.15) is 27.0 Å². The van der Waals surface area contributed by atoms with E-state index in [1.807, 2.05) is 26.0 Å². The highest BCUT2D eigenvalue weighted by atomic mass is 127. The number of nitro benzene ring substituents is 1. The Labute approximate surface area is 142 Å². The molecule has 0 atom stereocenters. The number of benzene rings is 2. The van der Waals surface area contributed by atoms with E-state index in [-0.39, 0.29) is 11.6 Å². The van der Waals surface area contributed by atoms with Crippen LogP contribution < -0.4 is 5.32 Å². The van der Waals surface area contributed by atoms with E-state index in [1.165, 1.54) is 18.2 Å². The monoisotopic (exact) mass is 410 g/mol. The van der Waals surface area contributed by atoms with Crippen LogP contribution in [0, 0.1) is 34.5 Å². The number of hydrogen-bond donors (Lipinski definition) is 1. The second-order valence-electron chi connectivity index (χ2n) is 5.13. The molecule has 0 bridgehead atoms. The lowest BCUT2D eigenvalue weighted by atomic mass is 10.1. The van der Waals surface area contributed by atoms with E-state index in [1.54, 1.807) is 6.92 Å². The van der Waals surface area contributed by atoms with E-state index in [9.17, 15) is 14.9 Å². The fraction of sp³-hybridized carbons (Fsp3) is 0.188. The maximum atomic E-state index is 12.3. The van der Waals surface area contributed by atoms with Gasteiger partial charge in [0.2, 0.25) is 0 Å². The van der Waals surface area contributed by atoms with Gasteiger partial charge in [0.25, 0.3) is 11.6 Å². The van der Waals surface area contributed by atoms with Gasteiger partial charge in [-0.1, -0.05) is 0 Å². The van der Waals surface area contributed by atoms with Crippen LogP contribution in [0.5, 0.6) is 0 Å². The number of nitro groups is 1. The molecule has 1 N–H and O–H groups in total. The van der Waals surface area contributed by atoms with Gasteiger partial charge >= 0.3 is 0 Å². The molecule has 0 saturated heterocycles. The van der Waals surface area contributed by atoms with E-state index in [2.05, 4.69) is 27.9 Å². The van der Waals surface area contributed by atoms with Gasteiger partial charge in [-0.15, -0.1) is 0 Å². The third-order valence-electron chi connectivity index (χ3n) is 3.41. The molecular weight excluding hydrogens is 395 g/mol. The number of rotatable bonds is 3. The third kappa shape index (κ3) is 3.44. The molecule has 5 nitrogen and oxygen atoms in total. The second-order valence-corrected chi connectivity index (χ2v) is 6.29. The molecule has 0 unspecified atom stereocenters. The Kier molecular flexibility index (Phi) is 4.80. The van der Waals surface area contributed by atoms with Gasteiger partial charge in [-0.05, 0) is 78.8 Å². The van der Waals surface area contributed by atoms with Crippen molar-refractivity contribution >= 4 is 39.9 Å². The number of nitrogens with zero attached hydrogens (tertiary/aromatic N) is 1. The number of carbonyl (C=O) groups is 1. The van der Waals surface area contributed by atoms with E-state index in [0.29, 0.717) is 11.1 Å². The minimum absolute atomic E-state index is 0.0119. The summed E-state index contributed by atoms with van der Waals surface area (Å²) in [5.74, 6) is -0.276. The largest absolute Gasteiger partial charge is 0.322 e. The molecule has 114 valence electrons. The normalized spacial score (nSPS) is 10.4. The maximum absolute atomic E-state index is 12.3. The quantitative estimate of drug-likeness (QED) is 0.464. The Morgan fingerprint density at radius 3 is 2.36 bits per heavy atom. The summed E-state index contributed by atoms with van der Waals surface area (Å²) in [4.78, 5) is 22.7. The summed E-state index contributed by atoms with van der Waals surface area (Å²) in [7, 11) is 0. The van der Waals surface area contributed by atoms with E-state index in [4.69, 9.17) is 0 Å². The van der Waals surface area contributed by atoms with Crippen molar-refractivity contribution in [2.45, 2.75) is 20.8 Å². The molecule has 2 aromatic carbocycles. The van der Waals surface area contributed by atoms with E-state index < -0.39 is 4.92 Å². The zero-order valence-corrected chi connectivity index (χ0v) is 14.6. The molecule has 0 aliphatic heterocycles. The van der Waals surface area contributed by atoms with Gasteiger partial charge in [0.1, 0.15) is 0 Å². The molecule has 0 aromatic heterocycles. The molecular formula is C16H15IN2O3. The summed E-state index contributed by atoms with van der Waals surface area (Å²) < 4.78 is 1.14. The summed E-state index contributed by atoms with van der Waals surface area (Å²) >= 11 is 2.25. The van der Waals surface area contributed by atoms with Gasteiger partial charge in [-0.3, -0.25) is 14.9 Å². The number of hydrogen-bond acceptors (Lipinski definition) is 3. The van der Waals surface area contributed by atoms with Crippen LogP contribution in [0.25, 0.3) is 0 Å². The molecule has 0 fully saturated rings. The lowest BCUT2D eigenvalue weighted by Gasteiger charge is -2.11. The topological polar surface area (TPSA) is 72.2 Å². The highest BCUT2D eigenvalue weighted by molar-refractivity contribution is 14.1. The highest BCUT2D eigenvalue weighted by Crippen LogP contribution is 2.23. The first-order valence-corrected chi connectivity index (χ1v) is 7.70.